The zero-order valence-electron chi connectivity index (χ0n) is 21.6. The highest BCUT2D eigenvalue weighted by atomic mass is 127. The Hall–Kier alpha value is -3.42. The maximum atomic E-state index is 13.0. The second-order valence-corrected chi connectivity index (χ2v) is 11.1. The number of carbonyl (C=O) groups excluding carboxylic acids is 1. The summed E-state index contributed by atoms with van der Waals surface area (Å²) in [6.45, 7) is 5.12. The molecule has 9 nitrogen and oxygen atoms in total. The lowest BCUT2D eigenvalue weighted by molar-refractivity contribution is -0.139. The molecule has 0 bridgehead atoms. The minimum absolute atomic E-state index is 0.200. The lowest BCUT2D eigenvalue weighted by Crippen LogP contribution is -2.45. The van der Waals surface area contributed by atoms with E-state index in [2.05, 4.69) is 27.9 Å². The molecule has 2 unspecified atom stereocenters. The van der Waals surface area contributed by atoms with Crippen LogP contribution in [0.2, 0.25) is 0 Å². The number of benzene rings is 3. The number of hydrogen-bond donors (Lipinski definition) is 2. The molecular formula is C28H26IN2O7S-. The third-order valence-corrected chi connectivity index (χ3v) is 7.91. The maximum absolute atomic E-state index is 13.0. The highest BCUT2D eigenvalue weighted by molar-refractivity contribution is 14.1. The van der Waals surface area contributed by atoms with E-state index < -0.39 is 29.2 Å². The lowest BCUT2D eigenvalue weighted by atomic mass is 10.0. The van der Waals surface area contributed by atoms with Crippen LogP contribution in [-0.2, 0) is 16.1 Å². The van der Waals surface area contributed by atoms with Crippen molar-refractivity contribution >= 4 is 68.1 Å². The molecule has 39 heavy (non-hydrogen) atoms. The van der Waals surface area contributed by atoms with E-state index in [0.29, 0.717) is 22.6 Å². The molecule has 11 heteroatoms. The number of rotatable bonds is 9. The van der Waals surface area contributed by atoms with Gasteiger partial charge >= 0.3 is 5.97 Å². The summed E-state index contributed by atoms with van der Waals surface area (Å²) in [5, 5.41) is 13.2. The van der Waals surface area contributed by atoms with Gasteiger partial charge in [0.25, 0.3) is 5.91 Å². The van der Waals surface area contributed by atoms with Crippen LogP contribution < -0.4 is 14.4 Å². The third kappa shape index (κ3) is 5.80. The fourth-order valence-electron chi connectivity index (χ4n) is 4.43. The van der Waals surface area contributed by atoms with Gasteiger partial charge in [0, 0.05) is 28.2 Å². The van der Waals surface area contributed by atoms with Crippen molar-refractivity contribution in [3.05, 3.63) is 75.6 Å². The van der Waals surface area contributed by atoms with Crippen LogP contribution in [-0.4, -0.2) is 38.9 Å². The summed E-state index contributed by atoms with van der Waals surface area (Å²) in [5.74, 6) is -1.18. The van der Waals surface area contributed by atoms with Crippen molar-refractivity contribution in [3.63, 3.8) is 0 Å². The average Bonchev–Trinajstić information content (AvgIpc) is 3.23. The fraction of sp³-hybridized carbons (Fsp3) is 0.214. The van der Waals surface area contributed by atoms with Crippen molar-refractivity contribution in [2.75, 3.05) is 16.7 Å². The number of methoxy groups -OCH3 is 1. The highest BCUT2D eigenvalue weighted by Crippen LogP contribution is 2.37. The summed E-state index contributed by atoms with van der Waals surface area (Å²) < 4.78 is 36.9. The molecule has 1 heterocycles. The Morgan fingerprint density at radius 3 is 2.15 bits per heavy atom. The molecule has 4 rings (SSSR count). The van der Waals surface area contributed by atoms with E-state index in [1.807, 2.05) is 31.2 Å². The number of fused-ring (bicyclic) bond motifs is 1. The van der Waals surface area contributed by atoms with Gasteiger partial charge < -0.3 is 24.1 Å². The molecule has 1 aromatic heterocycles. The van der Waals surface area contributed by atoms with Gasteiger partial charge in [0.1, 0.15) is 17.4 Å². The number of nitrogens with zero attached hydrogens (tertiary/aromatic N) is 1. The van der Waals surface area contributed by atoms with Crippen LogP contribution in [0, 0.1) is 16.4 Å². The normalized spacial score (nSPS) is 12.8. The number of nitrogens with one attached hydrogen (secondary N) is 1. The van der Waals surface area contributed by atoms with Gasteiger partial charge in [-0.05, 0) is 83.0 Å². The molecule has 0 aliphatic carbocycles. The van der Waals surface area contributed by atoms with E-state index >= 15 is 0 Å². The standard InChI is InChI=1S/C28H27IN2O7S/c1-15(2)24(28(33)34)31(39(35)36)20-11-7-18(8-12-20)17-5-9-19(10-6-17)30-27(32)25-16(3)23-22(38-25)14-13-21(29)26(23)37-4/h5-15,24H,1-4H3,(H,30,32)(H,33,34)(H,35,36)/p-1. The first-order valence-corrected chi connectivity index (χ1v) is 14.0. The van der Waals surface area contributed by atoms with E-state index in [1.54, 1.807) is 57.4 Å². The largest absolute Gasteiger partial charge is 0.755 e. The third-order valence-electron chi connectivity index (χ3n) is 6.31. The first-order valence-electron chi connectivity index (χ1n) is 11.9. The monoisotopic (exact) mass is 661 g/mol. The number of carboxylic acid groups (broad SMARTS) is 1. The summed E-state index contributed by atoms with van der Waals surface area (Å²) in [5.41, 5.74) is 3.69. The van der Waals surface area contributed by atoms with Crippen LogP contribution in [0.3, 0.4) is 0 Å². The summed E-state index contributed by atoms with van der Waals surface area (Å²) in [4.78, 5) is 24.7. The number of hydrogen-bond acceptors (Lipinski definition) is 6. The molecule has 3 aromatic carbocycles. The molecule has 0 spiro atoms. The Morgan fingerprint density at radius 2 is 1.64 bits per heavy atom. The van der Waals surface area contributed by atoms with Gasteiger partial charge in [0.2, 0.25) is 0 Å². The van der Waals surface area contributed by atoms with Gasteiger partial charge in [-0.15, -0.1) is 0 Å². The van der Waals surface area contributed by atoms with E-state index in [9.17, 15) is 23.5 Å². The number of amides is 1. The van der Waals surface area contributed by atoms with E-state index in [-0.39, 0.29) is 17.4 Å². The Labute approximate surface area is 241 Å². The van der Waals surface area contributed by atoms with Crippen molar-refractivity contribution in [2.45, 2.75) is 26.8 Å². The molecule has 4 aromatic rings. The smallest absolute Gasteiger partial charge is 0.327 e. The molecule has 0 fully saturated rings. The van der Waals surface area contributed by atoms with Crippen molar-refractivity contribution in [3.8, 4) is 16.9 Å². The van der Waals surface area contributed by atoms with Crippen LogP contribution in [0.25, 0.3) is 22.1 Å². The molecule has 1 amide bonds. The zero-order valence-corrected chi connectivity index (χ0v) is 24.5. The molecule has 2 atom stereocenters. The second-order valence-electron chi connectivity index (χ2n) is 9.16. The van der Waals surface area contributed by atoms with E-state index in [0.717, 1.165) is 24.4 Å². The van der Waals surface area contributed by atoms with Crippen LogP contribution in [0.5, 0.6) is 5.75 Å². The van der Waals surface area contributed by atoms with Gasteiger partial charge in [-0.25, -0.2) is 4.79 Å². The number of aryl methyl sites for hydroxylation is 1. The minimum atomic E-state index is -2.76. The number of ether oxygens (including phenoxy) is 1. The topological polar surface area (TPSA) is 132 Å². The Morgan fingerprint density at radius 1 is 1.05 bits per heavy atom. The van der Waals surface area contributed by atoms with Crippen molar-refractivity contribution in [2.24, 2.45) is 5.92 Å². The molecule has 204 valence electrons. The average molecular weight is 661 g/mol. The summed E-state index contributed by atoms with van der Waals surface area (Å²) in [7, 11) is 1.58. The predicted molar refractivity (Wildman–Crippen MR) is 158 cm³/mol. The lowest BCUT2D eigenvalue weighted by Gasteiger charge is -2.34. The first-order chi connectivity index (χ1) is 18.5. The maximum Gasteiger partial charge on any atom is 0.327 e. The van der Waals surface area contributed by atoms with Crippen molar-refractivity contribution in [1.29, 1.82) is 0 Å². The Bertz CT molecular complexity index is 1550. The summed E-state index contributed by atoms with van der Waals surface area (Å²) in [6.07, 6.45) is 0. The van der Waals surface area contributed by atoms with Gasteiger partial charge in [0.15, 0.2) is 5.76 Å². The first kappa shape index (κ1) is 28.6. The number of anilines is 2. The van der Waals surface area contributed by atoms with Crippen molar-refractivity contribution < 1.29 is 32.6 Å². The van der Waals surface area contributed by atoms with Gasteiger partial charge in [-0.1, -0.05) is 38.1 Å². The Kier molecular flexibility index (Phi) is 8.62. The van der Waals surface area contributed by atoms with Crippen LogP contribution in [0.4, 0.5) is 11.4 Å². The van der Waals surface area contributed by atoms with Gasteiger partial charge in [-0.3, -0.25) is 13.3 Å². The highest BCUT2D eigenvalue weighted by Gasteiger charge is 2.30. The number of furan rings is 1. The Balaban J connectivity index is 1.53. The van der Waals surface area contributed by atoms with Crippen LogP contribution in [0.15, 0.2) is 65.1 Å². The van der Waals surface area contributed by atoms with E-state index in [1.165, 1.54) is 0 Å². The molecule has 0 aliphatic rings. The number of halogens is 1. The van der Waals surface area contributed by atoms with Crippen LogP contribution >= 0.6 is 22.6 Å². The van der Waals surface area contributed by atoms with Gasteiger partial charge in [0.05, 0.1) is 16.1 Å². The molecule has 2 N–H and O–H groups in total. The predicted octanol–water partition coefficient (Wildman–Crippen LogP) is 5.98. The quantitative estimate of drug-likeness (QED) is 0.167. The molecule has 0 saturated heterocycles. The molecule has 0 aliphatic heterocycles. The van der Waals surface area contributed by atoms with Crippen LogP contribution in [0.1, 0.15) is 30.0 Å². The van der Waals surface area contributed by atoms with Gasteiger partial charge in [-0.2, -0.15) is 0 Å². The summed E-state index contributed by atoms with van der Waals surface area (Å²) >= 11 is -0.592. The molecule has 0 radical (unpaired) electrons. The second kappa shape index (κ2) is 11.8. The molecule has 0 saturated carbocycles. The zero-order chi connectivity index (χ0) is 28.4. The van der Waals surface area contributed by atoms with E-state index in [4.69, 9.17) is 9.15 Å². The number of aliphatic carboxylic acids is 1. The number of carboxylic acids is 1. The SMILES string of the molecule is COc1c(I)ccc2oc(C(=O)Nc3ccc(-c4ccc(N(C(C(=O)O)C(C)C)S(=O)[O-])cc4)cc3)c(C)c12. The minimum Gasteiger partial charge on any atom is -0.755 e. The summed E-state index contributed by atoms with van der Waals surface area (Å²) in [6, 6.07) is 16.2. The molecular weight excluding hydrogens is 635 g/mol. The van der Waals surface area contributed by atoms with Crippen molar-refractivity contribution in [1.82, 2.24) is 0 Å². The fourth-order valence-corrected chi connectivity index (χ4v) is 5.91. The number of carbonyl (C=O) groups is 2.